The van der Waals surface area contributed by atoms with Gasteiger partial charge in [0.2, 0.25) is 5.91 Å². The van der Waals surface area contributed by atoms with Crippen molar-refractivity contribution in [2.45, 2.75) is 29.6 Å². The number of sulfonamides is 1. The summed E-state index contributed by atoms with van der Waals surface area (Å²) in [6.45, 7) is 1.87. The fraction of sp³-hybridized carbons (Fsp3) is 0.278. The molecule has 0 aromatic heterocycles. The van der Waals surface area contributed by atoms with Crippen LogP contribution in [0.5, 0.6) is 0 Å². The van der Waals surface area contributed by atoms with Gasteiger partial charge in [0.05, 0.1) is 16.3 Å². The van der Waals surface area contributed by atoms with E-state index >= 15 is 0 Å². The van der Waals surface area contributed by atoms with Crippen molar-refractivity contribution in [2.24, 2.45) is 0 Å². The van der Waals surface area contributed by atoms with Crippen molar-refractivity contribution in [2.75, 3.05) is 22.4 Å². The highest BCUT2D eigenvalue weighted by Gasteiger charge is 2.29. The summed E-state index contributed by atoms with van der Waals surface area (Å²) in [6, 6.07) is 12.5. The first-order chi connectivity index (χ1) is 11.9. The summed E-state index contributed by atoms with van der Waals surface area (Å²) in [7, 11) is -3.69. The van der Waals surface area contributed by atoms with E-state index in [0.29, 0.717) is 12.2 Å². The molecule has 132 valence electrons. The van der Waals surface area contributed by atoms with E-state index in [9.17, 15) is 13.2 Å². The van der Waals surface area contributed by atoms with Crippen LogP contribution in [0.1, 0.15) is 18.9 Å². The van der Waals surface area contributed by atoms with Gasteiger partial charge in [-0.2, -0.15) is 0 Å². The molecule has 0 spiro atoms. The first kappa shape index (κ1) is 17.8. The maximum Gasteiger partial charge on any atom is 0.264 e. The lowest BCUT2D eigenvalue weighted by molar-refractivity contribution is -0.114. The number of nitrogens with one attached hydrogen (secondary N) is 1. The molecule has 1 aliphatic rings. The SMILES string of the molecule is CSc1ccc(S(=O)(=O)N2CCCc3ccccc32)cc1NC(C)=O. The summed E-state index contributed by atoms with van der Waals surface area (Å²) < 4.78 is 27.9. The van der Waals surface area contributed by atoms with Crippen LogP contribution in [-0.4, -0.2) is 27.1 Å². The van der Waals surface area contributed by atoms with Gasteiger partial charge in [-0.1, -0.05) is 18.2 Å². The maximum atomic E-state index is 13.2. The van der Waals surface area contributed by atoms with Crippen LogP contribution in [0.25, 0.3) is 0 Å². The summed E-state index contributed by atoms with van der Waals surface area (Å²) >= 11 is 1.46. The monoisotopic (exact) mass is 376 g/mol. The fourth-order valence-corrected chi connectivity index (χ4v) is 5.11. The smallest absolute Gasteiger partial charge is 0.264 e. The second kappa shape index (κ2) is 7.09. The fourth-order valence-electron chi connectivity index (χ4n) is 3.01. The van der Waals surface area contributed by atoms with Crippen LogP contribution in [-0.2, 0) is 21.2 Å². The third-order valence-corrected chi connectivity index (χ3v) is 6.74. The van der Waals surface area contributed by atoms with E-state index in [1.165, 1.54) is 23.0 Å². The van der Waals surface area contributed by atoms with Crippen LogP contribution < -0.4 is 9.62 Å². The van der Waals surface area contributed by atoms with Crippen molar-refractivity contribution in [3.8, 4) is 0 Å². The lowest BCUT2D eigenvalue weighted by Crippen LogP contribution is -2.35. The van der Waals surface area contributed by atoms with Crippen molar-refractivity contribution in [1.82, 2.24) is 0 Å². The predicted molar refractivity (Wildman–Crippen MR) is 102 cm³/mol. The number of nitrogens with zero attached hydrogens (tertiary/aromatic N) is 1. The van der Waals surface area contributed by atoms with Gasteiger partial charge in [-0.3, -0.25) is 9.10 Å². The molecule has 0 radical (unpaired) electrons. The van der Waals surface area contributed by atoms with Gasteiger partial charge in [-0.05, 0) is 48.9 Å². The van der Waals surface area contributed by atoms with Crippen molar-refractivity contribution >= 4 is 39.1 Å². The van der Waals surface area contributed by atoms with E-state index in [1.807, 2.05) is 30.5 Å². The molecule has 0 saturated carbocycles. The average molecular weight is 377 g/mol. The lowest BCUT2D eigenvalue weighted by atomic mass is 10.0. The van der Waals surface area contributed by atoms with Crippen molar-refractivity contribution in [3.63, 3.8) is 0 Å². The number of aryl methyl sites for hydroxylation is 1. The maximum absolute atomic E-state index is 13.2. The number of carbonyl (C=O) groups excluding carboxylic acids is 1. The van der Waals surface area contributed by atoms with Gasteiger partial charge in [0.25, 0.3) is 10.0 Å². The highest BCUT2D eigenvalue weighted by molar-refractivity contribution is 7.98. The van der Waals surface area contributed by atoms with Crippen LogP contribution in [0.3, 0.4) is 0 Å². The number of amides is 1. The van der Waals surface area contributed by atoms with Gasteiger partial charge in [0, 0.05) is 18.4 Å². The molecule has 0 aliphatic carbocycles. The predicted octanol–water partition coefficient (Wildman–Crippen LogP) is 3.51. The van der Waals surface area contributed by atoms with Crippen LogP contribution in [0.2, 0.25) is 0 Å². The van der Waals surface area contributed by atoms with Gasteiger partial charge in [0.1, 0.15) is 0 Å². The summed E-state index contributed by atoms with van der Waals surface area (Å²) in [4.78, 5) is 12.4. The van der Waals surface area contributed by atoms with Crippen LogP contribution in [0, 0.1) is 0 Å². The number of anilines is 2. The Labute approximate surface area is 152 Å². The molecule has 3 rings (SSSR count). The van der Waals surface area contributed by atoms with E-state index in [4.69, 9.17) is 0 Å². The molecule has 1 heterocycles. The molecule has 0 atom stereocenters. The zero-order valence-electron chi connectivity index (χ0n) is 14.2. The molecule has 7 heteroatoms. The van der Waals surface area contributed by atoms with Crippen LogP contribution in [0.4, 0.5) is 11.4 Å². The van der Waals surface area contributed by atoms with E-state index in [2.05, 4.69) is 5.32 Å². The van der Waals surface area contributed by atoms with Crippen molar-refractivity contribution in [3.05, 3.63) is 48.0 Å². The van der Waals surface area contributed by atoms with E-state index in [1.54, 1.807) is 18.2 Å². The van der Waals surface area contributed by atoms with Gasteiger partial charge in [-0.15, -0.1) is 11.8 Å². The molecule has 25 heavy (non-hydrogen) atoms. The largest absolute Gasteiger partial charge is 0.325 e. The lowest BCUT2D eigenvalue weighted by Gasteiger charge is -2.30. The number of fused-ring (bicyclic) bond motifs is 1. The molecular formula is C18H20N2O3S2. The Balaban J connectivity index is 2.05. The minimum Gasteiger partial charge on any atom is -0.325 e. The Morgan fingerprint density at radius 1 is 1.20 bits per heavy atom. The van der Waals surface area contributed by atoms with Crippen molar-refractivity contribution < 1.29 is 13.2 Å². The number of hydrogen-bond acceptors (Lipinski definition) is 4. The molecule has 0 unspecified atom stereocenters. The third-order valence-electron chi connectivity index (χ3n) is 4.14. The zero-order valence-corrected chi connectivity index (χ0v) is 15.8. The number of hydrogen-bond donors (Lipinski definition) is 1. The summed E-state index contributed by atoms with van der Waals surface area (Å²) in [5, 5.41) is 2.72. The quantitative estimate of drug-likeness (QED) is 0.830. The van der Waals surface area contributed by atoms with Crippen molar-refractivity contribution in [1.29, 1.82) is 0 Å². The van der Waals surface area contributed by atoms with Gasteiger partial charge >= 0.3 is 0 Å². The first-order valence-corrected chi connectivity index (χ1v) is 10.7. The number of para-hydroxylation sites is 1. The third kappa shape index (κ3) is 3.52. The van der Waals surface area contributed by atoms with Gasteiger partial charge < -0.3 is 5.32 Å². The zero-order chi connectivity index (χ0) is 18.0. The molecule has 1 amide bonds. The number of benzene rings is 2. The molecule has 2 aromatic carbocycles. The molecule has 0 fully saturated rings. The van der Waals surface area contributed by atoms with Crippen LogP contribution >= 0.6 is 11.8 Å². The van der Waals surface area contributed by atoms with E-state index < -0.39 is 10.0 Å². The molecule has 1 N–H and O–H groups in total. The Bertz CT molecular complexity index is 910. The van der Waals surface area contributed by atoms with Crippen LogP contribution in [0.15, 0.2) is 52.3 Å². The number of thioether (sulfide) groups is 1. The topological polar surface area (TPSA) is 66.5 Å². The average Bonchev–Trinajstić information content (AvgIpc) is 2.60. The minimum atomic E-state index is -3.69. The highest BCUT2D eigenvalue weighted by atomic mass is 32.2. The second-order valence-electron chi connectivity index (χ2n) is 5.85. The molecule has 2 aromatic rings. The van der Waals surface area contributed by atoms with E-state index in [0.717, 1.165) is 29.0 Å². The Morgan fingerprint density at radius 2 is 1.96 bits per heavy atom. The van der Waals surface area contributed by atoms with E-state index in [-0.39, 0.29) is 10.8 Å². The summed E-state index contributed by atoms with van der Waals surface area (Å²) in [5.74, 6) is -0.229. The number of carbonyl (C=O) groups is 1. The van der Waals surface area contributed by atoms with Gasteiger partial charge in [-0.25, -0.2) is 8.42 Å². The standard InChI is InChI=1S/C18H20N2O3S2/c1-13(21)19-16-12-15(9-10-18(16)24-2)25(22,23)20-11-5-7-14-6-3-4-8-17(14)20/h3-4,6,8-10,12H,5,7,11H2,1-2H3,(H,19,21). The highest BCUT2D eigenvalue weighted by Crippen LogP contribution is 2.34. The summed E-state index contributed by atoms with van der Waals surface area (Å²) in [5.41, 5.74) is 2.30. The Kier molecular flexibility index (Phi) is 5.06. The molecule has 1 aliphatic heterocycles. The molecule has 0 saturated heterocycles. The Hall–Kier alpha value is -1.99. The normalized spacial score (nSPS) is 14.1. The molecule has 0 bridgehead atoms. The molecular weight excluding hydrogens is 356 g/mol. The number of rotatable bonds is 4. The minimum absolute atomic E-state index is 0.186. The Morgan fingerprint density at radius 3 is 2.68 bits per heavy atom. The van der Waals surface area contributed by atoms with Gasteiger partial charge in [0.15, 0.2) is 0 Å². The molecule has 5 nitrogen and oxygen atoms in total. The second-order valence-corrected chi connectivity index (χ2v) is 8.56. The first-order valence-electron chi connectivity index (χ1n) is 8.00. The summed E-state index contributed by atoms with van der Waals surface area (Å²) in [6.07, 6.45) is 3.55.